The first-order valence-electron chi connectivity index (χ1n) is 22.8. The van der Waals surface area contributed by atoms with Crippen molar-refractivity contribution in [3.8, 4) is 0 Å². The molecule has 4 fully saturated rings. The number of aromatic nitrogens is 1. The zero-order valence-corrected chi connectivity index (χ0v) is 34.2. The maximum atomic E-state index is 13.5. The lowest BCUT2D eigenvalue weighted by Crippen LogP contribution is -2.56. The van der Waals surface area contributed by atoms with Gasteiger partial charge in [0.15, 0.2) is 0 Å². The molecule has 1 unspecified atom stereocenters. The van der Waals surface area contributed by atoms with Gasteiger partial charge < -0.3 is 26.3 Å². The summed E-state index contributed by atoms with van der Waals surface area (Å²) in [6, 6.07) is 28.4. The minimum Gasteiger partial charge on any atom is -0.361 e. The minimum absolute atomic E-state index is 0.0706. The number of nitrogens with two attached hydrogens (primary N) is 1. The number of H-pyrrole nitrogens is 1. The fourth-order valence-electron chi connectivity index (χ4n) is 12.8. The Labute approximate surface area is 344 Å². The van der Waals surface area contributed by atoms with Crippen molar-refractivity contribution in [1.82, 2.24) is 30.3 Å². The van der Waals surface area contributed by atoms with Gasteiger partial charge in [-0.15, -0.1) is 0 Å². The van der Waals surface area contributed by atoms with Crippen LogP contribution < -0.4 is 16.4 Å². The Hall–Kier alpha value is -4.34. The van der Waals surface area contributed by atoms with Crippen LogP contribution in [0.25, 0.3) is 10.9 Å². The smallest absolute Gasteiger partial charge is 0.315 e. The van der Waals surface area contributed by atoms with Crippen LogP contribution in [0.15, 0.2) is 79.0 Å². The Morgan fingerprint density at radius 1 is 0.672 bits per heavy atom. The maximum Gasteiger partial charge on any atom is 0.315 e. The van der Waals surface area contributed by atoms with Crippen LogP contribution in [0.2, 0.25) is 0 Å². The highest BCUT2D eigenvalue weighted by molar-refractivity contribution is 5.83. The molecule has 4 aromatic rings. The molecule has 1 aromatic heterocycles. The monoisotopic (exact) mass is 782 g/mol. The highest BCUT2D eigenvalue weighted by atomic mass is 16.2. The fraction of sp³-hybridized carbons (Fsp3) is 0.551. The van der Waals surface area contributed by atoms with Gasteiger partial charge in [0.2, 0.25) is 0 Å². The molecule has 4 amide bonds. The average Bonchev–Trinajstić information content (AvgIpc) is 4.08. The summed E-state index contributed by atoms with van der Waals surface area (Å²) in [4.78, 5) is 37.9. The SMILES string of the molecule is NC(=O)N(C(CNC(=O)N[C@H]1CC[C@H](CCN2[C@@H]3CC[C@H]2c2ccccc23)CC1)Cc1c[nH]c2ccccc12)[C@H]1CC[C@H](CCN2[C@@H]3CC[C@H]2c2ccccc23)CC1. The molecule has 10 rings (SSSR count). The number of primary amides is 1. The van der Waals surface area contributed by atoms with Gasteiger partial charge in [-0.3, -0.25) is 9.80 Å². The molecule has 2 saturated heterocycles. The number of carbonyl (C=O) groups is 2. The topological polar surface area (TPSA) is 110 Å². The summed E-state index contributed by atoms with van der Waals surface area (Å²) in [7, 11) is 0. The first-order valence-corrected chi connectivity index (χ1v) is 22.8. The fourth-order valence-corrected chi connectivity index (χ4v) is 12.8. The molecule has 4 bridgehead atoms. The Balaban J connectivity index is 0.729. The second-order valence-corrected chi connectivity index (χ2v) is 18.7. The second kappa shape index (κ2) is 16.4. The molecule has 4 aliphatic heterocycles. The lowest BCUT2D eigenvalue weighted by molar-refractivity contribution is 0.110. The molecule has 2 saturated carbocycles. The molecule has 9 heteroatoms. The number of carbonyl (C=O) groups excluding carboxylic acids is 2. The van der Waals surface area contributed by atoms with Crippen LogP contribution in [0, 0.1) is 11.8 Å². The van der Waals surface area contributed by atoms with E-state index >= 15 is 0 Å². The van der Waals surface area contributed by atoms with Gasteiger partial charge in [0.25, 0.3) is 0 Å². The van der Waals surface area contributed by atoms with Gasteiger partial charge in [-0.2, -0.15) is 0 Å². The summed E-state index contributed by atoms with van der Waals surface area (Å²) in [5, 5.41) is 7.70. The average molecular weight is 782 g/mol. The van der Waals surface area contributed by atoms with Crippen LogP contribution in [-0.2, 0) is 6.42 Å². The lowest BCUT2D eigenvalue weighted by Gasteiger charge is -2.41. The number of hydrogen-bond acceptors (Lipinski definition) is 4. The molecule has 5 heterocycles. The van der Waals surface area contributed by atoms with E-state index < -0.39 is 0 Å². The van der Waals surface area contributed by atoms with E-state index in [1.165, 1.54) is 45.1 Å². The molecule has 3 aromatic carbocycles. The van der Waals surface area contributed by atoms with Gasteiger partial charge in [0, 0.05) is 59.9 Å². The van der Waals surface area contributed by atoms with Gasteiger partial charge in [0.1, 0.15) is 0 Å². The van der Waals surface area contributed by atoms with Crippen molar-refractivity contribution < 1.29 is 9.59 Å². The molecular formula is C49H63N7O2. The van der Waals surface area contributed by atoms with E-state index in [0.717, 1.165) is 80.3 Å². The largest absolute Gasteiger partial charge is 0.361 e. The number of aromatic amines is 1. The standard InChI is InChI=1S/C49H63N7O2/c50-48(57)56(36-19-15-33(16-20-36)26-28-55-46-23-24-47(55)42-11-4-3-10-41(42)46)37(29-34-30-51-43-12-6-5-7-38(34)43)31-52-49(58)53-35-17-13-32(14-18-35)25-27-54-44-21-22-45(54)40-9-2-1-8-39(40)44/h1-12,30,32-33,35-37,44-47,51H,13-29,31H2,(H2,50,57)(H2,52,53,58)/t32-,33-,35-,36-,37?,44-,45+,46-,47+. The summed E-state index contributed by atoms with van der Waals surface area (Å²) in [6.45, 7) is 2.69. The first kappa shape index (κ1) is 37.9. The van der Waals surface area contributed by atoms with E-state index in [4.69, 9.17) is 5.73 Å². The second-order valence-electron chi connectivity index (χ2n) is 18.7. The number of benzene rings is 3. The molecule has 6 aliphatic rings. The number of hydrogen-bond donors (Lipinski definition) is 4. The number of fused-ring (bicyclic) bond motifs is 11. The van der Waals surface area contributed by atoms with E-state index in [2.05, 4.69) is 98.3 Å². The number of nitrogens with one attached hydrogen (secondary N) is 3. The Kier molecular flexibility index (Phi) is 10.7. The van der Waals surface area contributed by atoms with Gasteiger partial charge in [-0.25, -0.2) is 9.59 Å². The van der Waals surface area contributed by atoms with Crippen molar-refractivity contribution in [2.24, 2.45) is 17.6 Å². The predicted molar refractivity (Wildman–Crippen MR) is 230 cm³/mol. The van der Waals surface area contributed by atoms with E-state index in [1.54, 1.807) is 22.3 Å². The molecule has 0 spiro atoms. The highest BCUT2D eigenvalue weighted by Crippen LogP contribution is 2.54. The number of amides is 4. The van der Waals surface area contributed by atoms with Crippen molar-refractivity contribution in [3.05, 3.63) is 107 Å². The van der Waals surface area contributed by atoms with E-state index in [-0.39, 0.29) is 30.2 Å². The van der Waals surface area contributed by atoms with Gasteiger partial charge in [0.05, 0.1) is 6.04 Å². The van der Waals surface area contributed by atoms with Crippen LogP contribution >= 0.6 is 0 Å². The van der Waals surface area contributed by atoms with Crippen LogP contribution in [0.1, 0.15) is 142 Å². The van der Waals surface area contributed by atoms with Crippen molar-refractivity contribution in [2.45, 2.75) is 139 Å². The Bertz CT molecular complexity index is 2020. The van der Waals surface area contributed by atoms with Crippen molar-refractivity contribution in [1.29, 1.82) is 0 Å². The molecular weight excluding hydrogens is 719 g/mol. The zero-order chi connectivity index (χ0) is 39.2. The molecule has 306 valence electrons. The Morgan fingerprint density at radius 2 is 1.17 bits per heavy atom. The highest BCUT2D eigenvalue weighted by Gasteiger charge is 2.45. The van der Waals surface area contributed by atoms with Gasteiger partial charge >= 0.3 is 12.1 Å². The number of para-hydroxylation sites is 1. The summed E-state index contributed by atoms with van der Waals surface area (Å²) >= 11 is 0. The molecule has 2 aliphatic carbocycles. The molecule has 5 N–H and O–H groups in total. The Morgan fingerprint density at radius 3 is 1.71 bits per heavy atom. The van der Waals surface area contributed by atoms with Crippen LogP contribution in [0.4, 0.5) is 9.59 Å². The van der Waals surface area contributed by atoms with Crippen LogP contribution in [-0.4, -0.2) is 69.5 Å². The number of urea groups is 2. The summed E-state index contributed by atoms with van der Waals surface area (Å²) < 4.78 is 0. The van der Waals surface area contributed by atoms with Gasteiger partial charge in [-0.1, -0.05) is 66.7 Å². The summed E-state index contributed by atoms with van der Waals surface area (Å²) in [6.07, 6.45) is 18.8. The van der Waals surface area contributed by atoms with Crippen molar-refractivity contribution >= 4 is 23.0 Å². The summed E-state index contributed by atoms with van der Waals surface area (Å²) in [5.74, 6) is 1.38. The summed E-state index contributed by atoms with van der Waals surface area (Å²) in [5.41, 5.74) is 14.7. The van der Waals surface area contributed by atoms with E-state index in [0.29, 0.717) is 43.1 Å². The minimum atomic E-state index is -0.383. The van der Waals surface area contributed by atoms with Crippen LogP contribution in [0.3, 0.4) is 0 Å². The molecule has 5 atom stereocenters. The zero-order valence-electron chi connectivity index (χ0n) is 34.2. The van der Waals surface area contributed by atoms with Crippen LogP contribution in [0.5, 0.6) is 0 Å². The van der Waals surface area contributed by atoms with Crippen molar-refractivity contribution in [3.63, 3.8) is 0 Å². The van der Waals surface area contributed by atoms with E-state index in [9.17, 15) is 9.59 Å². The molecule has 9 nitrogen and oxygen atoms in total. The third kappa shape index (κ3) is 7.31. The third-order valence-electron chi connectivity index (χ3n) is 15.7. The quantitative estimate of drug-likeness (QED) is 0.108. The molecule has 0 radical (unpaired) electrons. The van der Waals surface area contributed by atoms with Crippen molar-refractivity contribution in [2.75, 3.05) is 19.6 Å². The number of rotatable bonds is 13. The number of nitrogens with zero attached hydrogens (tertiary/aromatic N) is 3. The normalized spacial score (nSPS) is 29.3. The maximum absolute atomic E-state index is 13.5. The van der Waals surface area contributed by atoms with E-state index in [1.807, 2.05) is 11.0 Å². The van der Waals surface area contributed by atoms with Gasteiger partial charge in [-0.05, 0) is 155 Å². The first-order chi connectivity index (χ1) is 28.5. The predicted octanol–water partition coefficient (Wildman–Crippen LogP) is 9.44. The lowest BCUT2D eigenvalue weighted by atomic mass is 9.82. The molecule has 58 heavy (non-hydrogen) atoms. The third-order valence-corrected chi connectivity index (χ3v) is 15.7.